The first-order valence-electron chi connectivity index (χ1n) is 5.77. The van der Waals surface area contributed by atoms with Gasteiger partial charge in [-0.1, -0.05) is 0 Å². The molecular weight excluding hydrogens is 261 g/mol. The fraction of sp³-hybridized carbons (Fsp3) is 0.545. The lowest BCUT2D eigenvalue weighted by Crippen LogP contribution is -2.36. The number of rotatable bonds is 5. The van der Waals surface area contributed by atoms with Crippen LogP contribution in [0.4, 0.5) is 19.0 Å². The molecule has 0 aromatic carbocycles. The van der Waals surface area contributed by atoms with Crippen LogP contribution in [0, 0.1) is 0 Å². The number of anilines is 1. The van der Waals surface area contributed by atoms with Crippen LogP contribution in [0.15, 0.2) is 12.1 Å². The average molecular weight is 276 g/mol. The monoisotopic (exact) mass is 276 g/mol. The molecule has 1 aromatic heterocycles. The number of hydrogen-bond donors (Lipinski definition) is 2. The van der Waals surface area contributed by atoms with Crippen LogP contribution in [0.1, 0.15) is 30.8 Å². The van der Waals surface area contributed by atoms with E-state index in [1.807, 2.05) is 6.92 Å². The summed E-state index contributed by atoms with van der Waals surface area (Å²) in [6, 6.07) is 1.93. The highest BCUT2D eigenvalue weighted by Crippen LogP contribution is 2.21. The Morgan fingerprint density at radius 3 is 2.53 bits per heavy atom. The zero-order chi connectivity index (χ0) is 14.5. The standard InChI is InChI=1S/C11H15F3N4O/c1-3-15-9-5-4-8(17-18-9)10(19)16-7(2)6-11(12,13)14/h4-5,7H,3,6H2,1-2H3,(H,15,18)(H,16,19). The van der Waals surface area contributed by atoms with Crippen LogP contribution < -0.4 is 10.6 Å². The van der Waals surface area contributed by atoms with E-state index in [2.05, 4.69) is 20.8 Å². The van der Waals surface area contributed by atoms with E-state index in [-0.39, 0.29) is 5.69 Å². The Hall–Kier alpha value is -1.86. The van der Waals surface area contributed by atoms with Gasteiger partial charge in [0.05, 0.1) is 6.42 Å². The Morgan fingerprint density at radius 1 is 1.37 bits per heavy atom. The van der Waals surface area contributed by atoms with Crippen LogP contribution in [-0.4, -0.2) is 34.9 Å². The molecule has 1 unspecified atom stereocenters. The fourth-order valence-electron chi connectivity index (χ4n) is 1.42. The molecule has 0 bridgehead atoms. The summed E-state index contributed by atoms with van der Waals surface area (Å²) in [4.78, 5) is 11.6. The molecule has 2 N–H and O–H groups in total. The van der Waals surface area contributed by atoms with Crippen molar-refractivity contribution in [3.05, 3.63) is 17.8 Å². The van der Waals surface area contributed by atoms with Crippen molar-refractivity contribution < 1.29 is 18.0 Å². The van der Waals surface area contributed by atoms with Crippen molar-refractivity contribution in [2.75, 3.05) is 11.9 Å². The van der Waals surface area contributed by atoms with E-state index in [9.17, 15) is 18.0 Å². The predicted octanol–water partition coefficient (Wildman–Crippen LogP) is 1.98. The van der Waals surface area contributed by atoms with Gasteiger partial charge >= 0.3 is 6.18 Å². The first kappa shape index (κ1) is 15.2. The summed E-state index contributed by atoms with van der Waals surface area (Å²) < 4.78 is 36.3. The lowest BCUT2D eigenvalue weighted by molar-refractivity contribution is -0.138. The number of hydrogen-bond acceptors (Lipinski definition) is 4. The summed E-state index contributed by atoms with van der Waals surface area (Å²) in [5.41, 5.74) is -0.0179. The Bertz CT molecular complexity index is 419. The Balaban J connectivity index is 2.58. The minimum atomic E-state index is -4.31. The van der Waals surface area contributed by atoms with Gasteiger partial charge in [-0.3, -0.25) is 4.79 Å². The lowest BCUT2D eigenvalue weighted by atomic mass is 10.2. The Kier molecular flexibility index (Phi) is 5.08. The number of alkyl halides is 3. The van der Waals surface area contributed by atoms with Crippen molar-refractivity contribution in [2.24, 2.45) is 0 Å². The van der Waals surface area contributed by atoms with Crippen LogP contribution in [0.2, 0.25) is 0 Å². The zero-order valence-electron chi connectivity index (χ0n) is 10.6. The minimum Gasteiger partial charge on any atom is -0.369 e. The number of nitrogens with zero attached hydrogens (tertiary/aromatic N) is 2. The van der Waals surface area contributed by atoms with Crippen LogP contribution in [0.25, 0.3) is 0 Å². The highest BCUT2D eigenvalue weighted by atomic mass is 19.4. The van der Waals surface area contributed by atoms with Gasteiger partial charge in [0.2, 0.25) is 0 Å². The molecule has 8 heteroatoms. The topological polar surface area (TPSA) is 66.9 Å². The fourth-order valence-corrected chi connectivity index (χ4v) is 1.42. The molecule has 0 radical (unpaired) electrons. The number of aromatic nitrogens is 2. The van der Waals surface area contributed by atoms with Gasteiger partial charge in [-0.05, 0) is 26.0 Å². The summed E-state index contributed by atoms with van der Waals surface area (Å²) in [6.07, 6.45) is -5.39. The van der Waals surface area contributed by atoms with Crippen LogP contribution >= 0.6 is 0 Å². The molecule has 1 amide bonds. The smallest absolute Gasteiger partial charge is 0.369 e. The molecule has 1 rings (SSSR count). The van der Waals surface area contributed by atoms with Crippen LogP contribution in [-0.2, 0) is 0 Å². The average Bonchev–Trinajstić information content (AvgIpc) is 2.27. The number of amides is 1. The third kappa shape index (κ3) is 5.54. The summed E-state index contributed by atoms with van der Waals surface area (Å²) in [5.74, 6) is -0.172. The number of carbonyl (C=O) groups excluding carboxylic acids is 1. The largest absolute Gasteiger partial charge is 0.391 e. The van der Waals surface area contributed by atoms with Gasteiger partial charge in [0, 0.05) is 12.6 Å². The van der Waals surface area contributed by atoms with E-state index in [0.717, 1.165) is 0 Å². The summed E-state index contributed by atoms with van der Waals surface area (Å²) in [6.45, 7) is 3.82. The molecule has 5 nitrogen and oxygen atoms in total. The molecule has 0 saturated heterocycles. The first-order chi connectivity index (χ1) is 8.81. The summed E-state index contributed by atoms with van der Waals surface area (Å²) in [7, 11) is 0. The van der Waals surface area contributed by atoms with Gasteiger partial charge in [0.15, 0.2) is 5.69 Å². The van der Waals surface area contributed by atoms with E-state index >= 15 is 0 Å². The second kappa shape index (κ2) is 6.35. The van der Waals surface area contributed by atoms with Gasteiger partial charge in [-0.15, -0.1) is 10.2 Å². The number of carbonyl (C=O) groups is 1. The quantitative estimate of drug-likeness (QED) is 0.863. The lowest BCUT2D eigenvalue weighted by Gasteiger charge is -2.15. The Morgan fingerprint density at radius 2 is 2.05 bits per heavy atom. The zero-order valence-corrected chi connectivity index (χ0v) is 10.6. The maximum atomic E-state index is 12.1. The summed E-state index contributed by atoms with van der Waals surface area (Å²) >= 11 is 0. The van der Waals surface area contributed by atoms with Crippen molar-refractivity contribution in [3.63, 3.8) is 0 Å². The molecule has 0 spiro atoms. The second-order valence-corrected chi connectivity index (χ2v) is 4.03. The van der Waals surface area contributed by atoms with E-state index in [0.29, 0.717) is 12.4 Å². The molecule has 0 aliphatic rings. The van der Waals surface area contributed by atoms with Crippen molar-refractivity contribution in [2.45, 2.75) is 32.5 Å². The molecule has 19 heavy (non-hydrogen) atoms. The molecule has 0 fully saturated rings. The highest BCUT2D eigenvalue weighted by molar-refractivity contribution is 5.92. The molecule has 0 saturated carbocycles. The van der Waals surface area contributed by atoms with Crippen molar-refractivity contribution in [3.8, 4) is 0 Å². The third-order valence-corrected chi connectivity index (χ3v) is 2.17. The molecule has 106 valence electrons. The minimum absolute atomic E-state index is 0.0179. The highest BCUT2D eigenvalue weighted by Gasteiger charge is 2.30. The Labute approximate surface area is 108 Å². The van der Waals surface area contributed by atoms with Crippen molar-refractivity contribution >= 4 is 11.7 Å². The molecule has 1 aromatic rings. The summed E-state index contributed by atoms with van der Waals surface area (Å²) in [5, 5.41) is 12.5. The normalized spacial score (nSPS) is 12.9. The van der Waals surface area contributed by atoms with Crippen molar-refractivity contribution in [1.82, 2.24) is 15.5 Å². The van der Waals surface area contributed by atoms with Gasteiger partial charge < -0.3 is 10.6 Å². The van der Waals surface area contributed by atoms with E-state index < -0.39 is 24.5 Å². The maximum Gasteiger partial charge on any atom is 0.391 e. The SMILES string of the molecule is CCNc1ccc(C(=O)NC(C)CC(F)(F)F)nn1. The van der Waals surface area contributed by atoms with Gasteiger partial charge in [0.25, 0.3) is 5.91 Å². The molecule has 1 atom stereocenters. The number of halogens is 3. The number of nitrogens with one attached hydrogen (secondary N) is 2. The van der Waals surface area contributed by atoms with Gasteiger partial charge in [-0.2, -0.15) is 13.2 Å². The molecule has 0 aliphatic carbocycles. The molecule has 0 aliphatic heterocycles. The van der Waals surface area contributed by atoms with Gasteiger partial charge in [0.1, 0.15) is 5.82 Å². The predicted molar refractivity (Wildman–Crippen MR) is 63.8 cm³/mol. The van der Waals surface area contributed by atoms with E-state index in [1.165, 1.54) is 13.0 Å². The van der Waals surface area contributed by atoms with Crippen LogP contribution in [0.3, 0.4) is 0 Å². The molecular formula is C11H15F3N4O. The van der Waals surface area contributed by atoms with Crippen LogP contribution in [0.5, 0.6) is 0 Å². The molecule has 1 heterocycles. The van der Waals surface area contributed by atoms with E-state index in [4.69, 9.17) is 0 Å². The van der Waals surface area contributed by atoms with Gasteiger partial charge in [-0.25, -0.2) is 0 Å². The van der Waals surface area contributed by atoms with Crippen molar-refractivity contribution in [1.29, 1.82) is 0 Å². The first-order valence-corrected chi connectivity index (χ1v) is 5.77. The maximum absolute atomic E-state index is 12.1. The third-order valence-electron chi connectivity index (χ3n) is 2.17. The van der Waals surface area contributed by atoms with E-state index in [1.54, 1.807) is 6.07 Å². The second-order valence-electron chi connectivity index (χ2n) is 4.03.